The highest BCUT2D eigenvalue weighted by molar-refractivity contribution is 5.80. The minimum absolute atomic E-state index is 0.122. The van der Waals surface area contributed by atoms with Gasteiger partial charge in [0.2, 0.25) is 5.91 Å². The zero-order valence-corrected chi connectivity index (χ0v) is 9.23. The molecule has 1 aromatic rings. The van der Waals surface area contributed by atoms with Gasteiger partial charge in [0.1, 0.15) is 11.6 Å². The first-order chi connectivity index (χ1) is 7.42. The van der Waals surface area contributed by atoms with Crippen molar-refractivity contribution < 1.29 is 13.6 Å². The second-order valence-electron chi connectivity index (χ2n) is 4.60. The van der Waals surface area contributed by atoms with Crippen molar-refractivity contribution >= 4 is 5.91 Å². The predicted octanol–water partition coefficient (Wildman–Crippen LogP) is 2.05. The molecule has 4 heteroatoms. The van der Waals surface area contributed by atoms with Crippen LogP contribution in [0.2, 0.25) is 0 Å². The Hall–Kier alpha value is -1.45. The summed E-state index contributed by atoms with van der Waals surface area (Å²) < 4.78 is 27.2. The molecule has 1 amide bonds. The first-order valence-electron chi connectivity index (χ1n) is 5.15. The number of amides is 1. The van der Waals surface area contributed by atoms with Gasteiger partial charge in [-0.05, 0) is 30.2 Å². The van der Waals surface area contributed by atoms with E-state index in [-0.39, 0.29) is 23.5 Å². The molecule has 1 aliphatic rings. The lowest BCUT2D eigenvalue weighted by Crippen LogP contribution is -2.26. The molecular weight excluding hydrogens is 212 g/mol. The zero-order chi connectivity index (χ0) is 11.9. The first kappa shape index (κ1) is 11.0. The van der Waals surface area contributed by atoms with Gasteiger partial charge in [0, 0.05) is 18.4 Å². The molecule has 0 aliphatic carbocycles. The van der Waals surface area contributed by atoms with Gasteiger partial charge in [-0.1, -0.05) is 6.92 Å². The fourth-order valence-corrected chi connectivity index (χ4v) is 2.07. The molecule has 1 fully saturated rings. The van der Waals surface area contributed by atoms with E-state index in [0.29, 0.717) is 6.54 Å². The van der Waals surface area contributed by atoms with Crippen LogP contribution in [-0.4, -0.2) is 12.5 Å². The number of rotatable bonds is 1. The molecule has 1 atom stereocenters. The molecular formula is C12H13F2NO. The summed E-state index contributed by atoms with van der Waals surface area (Å²) in [6.45, 7) is 3.63. The van der Waals surface area contributed by atoms with E-state index in [4.69, 9.17) is 0 Å². The number of hydrogen-bond donors (Lipinski definition) is 1. The van der Waals surface area contributed by atoms with Crippen LogP contribution in [0.15, 0.2) is 12.1 Å². The maximum Gasteiger partial charge on any atom is 0.220 e. The van der Waals surface area contributed by atoms with Crippen molar-refractivity contribution in [3.8, 4) is 0 Å². The van der Waals surface area contributed by atoms with E-state index in [0.717, 1.165) is 0 Å². The maximum absolute atomic E-state index is 13.7. The van der Waals surface area contributed by atoms with Crippen LogP contribution >= 0.6 is 0 Å². The smallest absolute Gasteiger partial charge is 0.220 e. The van der Waals surface area contributed by atoms with Gasteiger partial charge in [0.15, 0.2) is 0 Å². The predicted molar refractivity (Wildman–Crippen MR) is 56.1 cm³/mol. The molecule has 2 rings (SSSR count). The topological polar surface area (TPSA) is 29.1 Å². The van der Waals surface area contributed by atoms with Crippen molar-refractivity contribution in [1.82, 2.24) is 5.32 Å². The van der Waals surface area contributed by atoms with Gasteiger partial charge in [0.25, 0.3) is 0 Å². The average molecular weight is 225 g/mol. The highest BCUT2D eigenvalue weighted by Gasteiger charge is 2.37. The Bertz CT molecular complexity index is 459. The number of nitrogens with one attached hydrogen (secondary N) is 1. The summed E-state index contributed by atoms with van der Waals surface area (Å²) in [5.74, 6) is -1.00. The lowest BCUT2D eigenvalue weighted by Gasteiger charge is -2.23. The van der Waals surface area contributed by atoms with E-state index in [1.807, 2.05) is 0 Å². The van der Waals surface area contributed by atoms with Crippen molar-refractivity contribution in [2.45, 2.75) is 25.7 Å². The Kier molecular flexibility index (Phi) is 2.45. The van der Waals surface area contributed by atoms with Crippen LogP contribution in [0.3, 0.4) is 0 Å². The zero-order valence-electron chi connectivity index (χ0n) is 9.23. The summed E-state index contributed by atoms with van der Waals surface area (Å²) in [5.41, 5.74) is -0.0912. The minimum Gasteiger partial charge on any atom is -0.355 e. The average Bonchev–Trinajstić information content (AvgIpc) is 2.53. The van der Waals surface area contributed by atoms with E-state index >= 15 is 0 Å². The lowest BCUT2D eigenvalue weighted by atomic mass is 9.81. The molecule has 1 aliphatic heterocycles. The van der Waals surface area contributed by atoms with Gasteiger partial charge in [-0.2, -0.15) is 0 Å². The molecule has 1 saturated heterocycles. The number of hydrogen-bond acceptors (Lipinski definition) is 1. The third-order valence-electron chi connectivity index (χ3n) is 3.12. The normalized spacial score (nSPS) is 24.6. The van der Waals surface area contributed by atoms with Gasteiger partial charge < -0.3 is 5.32 Å². The van der Waals surface area contributed by atoms with E-state index in [9.17, 15) is 13.6 Å². The summed E-state index contributed by atoms with van der Waals surface area (Å²) >= 11 is 0. The number of halogens is 2. The molecule has 1 unspecified atom stereocenters. The van der Waals surface area contributed by atoms with Gasteiger partial charge in [-0.25, -0.2) is 8.78 Å². The maximum atomic E-state index is 13.7. The first-order valence-corrected chi connectivity index (χ1v) is 5.15. The van der Waals surface area contributed by atoms with Crippen molar-refractivity contribution in [3.63, 3.8) is 0 Å². The van der Waals surface area contributed by atoms with Gasteiger partial charge >= 0.3 is 0 Å². The second-order valence-corrected chi connectivity index (χ2v) is 4.60. The SMILES string of the molecule is Cc1cc(F)c(C2(C)CNC(=O)C2)cc1F. The molecule has 1 aromatic carbocycles. The molecule has 0 aromatic heterocycles. The largest absolute Gasteiger partial charge is 0.355 e. The van der Waals surface area contributed by atoms with Crippen LogP contribution in [0.4, 0.5) is 8.78 Å². The highest BCUT2D eigenvalue weighted by atomic mass is 19.1. The summed E-state index contributed by atoms with van der Waals surface area (Å²) in [6.07, 6.45) is 0.201. The molecule has 0 spiro atoms. The van der Waals surface area contributed by atoms with E-state index in [1.165, 1.54) is 19.1 Å². The molecule has 0 saturated carbocycles. The van der Waals surface area contributed by atoms with Crippen LogP contribution in [0.5, 0.6) is 0 Å². The molecule has 16 heavy (non-hydrogen) atoms. The summed E-state index contributed by atoms with van der Waals surface area (Å²) in [5, 5.41) is 2.64. The van der Waals surface area contributed by atoms with Crippen LogP contribution in [0, 0.1) is 18.6 Å². The number of carbonyl (C=O) groups is 1. The third kappa shape index (κ3) is 1.68. The van der Waals surface area contributed by atoms with Gasteiger partial charge in [0.05, 0.1) is 0 Å². The van der Waals surface area contributed by atoms with Crippen LogP contribution < -0.4 is 5.32 Å². The number of aryl methyl sites for hydroxylation is 1. The van der Waals surface area contributed by atoms with Crippen molar-refractivity contribution in [2.75, 3.05) is 6.54 Å². The Morgan fingerprint density at radius 2 is 2.00 bits per heavy atom. The number of benzene rings is 1. The van der Waals surface area contributed by atoms with Crippen LogP contribution in [0.25, 0.3) is 0 Å². The minimum atomic E-state index is -0.643. The monoisotopic (exact) mass is 225 g/mol. The van der Waals surface area contributed by atoms with Crippen molar-refractivity contribution in [2.24, 2.45) is 0 Å². The summed E-state index contributed by atoms with van der Waals surface area (Å²) in [7, 11) is 0. The Morgan fingerprint density at radius 3 is 2.56 bits per heavy atom. The molecule has 86 valence electrons. The van der Waals surface area contributed by atoms with E-state index < -0.39 is 17.0 Å². The molecule has 1 N–H and O–H groups in total. The lowest BCUT2D eigenvalue weighted by molar-refractivity contribution is -0.119. The van der Waals surface area contributed by atoms with Crippen LogP contribution in [0.1, 0.15) is 24.5 Å². The third-order valence-corrected chi connectivity index (χ3v) is 3.12. The van der Waals surface area contributed by atoms with E-state index in [2.05, 4.69) is 5.32 Å². The number of carbonyl (C=O) groups excluding carboxylic acids is 1. The Balaban J connectivity index is 2.48. The quantitative estimate of drug-likeness (QED) is 0.778. The fourth-order valence-electron chi connectivity index (χ4n) is 2.07. The Morgan fingerprint density at radius 1 is 1.31 bits per heavy atom. The molecule has 0 bridgehead atoms. The highest BCUT2D eigenvalue weighted by Crippen LogP contribution is 2.33. The summed E-state index contributed by atoms with van der Waals surface area (Å²) in [4.78, 5) is 11.2. The van der Waals surface area contributed by atoms with Crippen molar-refractivity contribution in [3.05, 3.63) is 34.9 Å². The standard InChI is InChI=1S/C12H13F2NO/c1-7-3-10(14)8(4-9(7)13)12(2)5-11(16)15-6-12/h3-4H,5-6H2,1-2H3,(H,15,16). The molecule has 0 radical (unpaired) electrons. The second kappa shape index (κ2) is 3.54. The summed E-state index contributed by atoms with van der Waals surface area (Å²) in [6, 6.07) is 2.38. The molecule has 2 nitrogen and oxygen atoms in total. The van der Waals surface area contributed by atoms with Crippen LogP contribution in [-0.2, 0) is 10.2 Å². The molecule has 1 heterocycles. The van der Waals surface area contributed by atoms with Gasteiger partial charge in [-0.15, -0.1) is 0 Å². The van der Waals surface area contributed by atoms with Crippen molar-refractivity contribution in [1.29, 1.82) is 0 Å². The van der Waals surface area contributed by atoms with E-state index in [1.54, 1.807) is 6.92 Å². The Labute approximate surface area is 92.7 Å². The van der Waals surface area contributed by atoms with Gasteiger partial charge in [-0.3, -0.25) is 4.79 Å². The fraction of sp³-hybridized carbons (Fsp3) is 0.417.